The quantitative estimate of drug-likeness (QED) is 0.0567. The van der Waals surface area contributed by atoms with Crippen LogP contribution in [0.4, 0.5) is 11.4 Å². The summed E-state index contributed by atoms with van der Waals surface area (Å²) in [6.07, 6.45) is 8.69. The van der Waals surface area contributed by atoms with Gasteiger partial charge in [-0.25, -0.2) is 9.97 Å². The number of amides is 2. The van der Waals surface area contributed by atoms with Gasteiger partial charge >= 0.3 is 11.8 Å². The third-order valence-electron chi connectivity index (χ3n) is 15.4. The fraction of sp³-hybridized carbons (Fsp3) is 0.397. The molecule has 9 rings (SSSR count). The number of Topliss-reactive ketones (excluding diaryl/α,β-unsaturated/α-hetero) is 1. The predicted molar refractivity (Wildman–Crippen MR) is 288 cm³/mol. The molecule has 4 aromatic carbocycles. The van der Waals surface area contributed by atoms with Crippen molar-refractivity contribution in [1.82, 2.24) is 19.4 Å². The zero-order valence-electron chi connectivity index (χ0n) is 44.7. The first-order valence-corrected chi connectivity index (χ1v) is 25.7. The molecule has 5 heterocycles. The molecule has 9 atom stereocenters. The van der Waals surface area contributed by atoms with Crippen molar-refractivity contribution in [2.75, 3.05) is 43.5 Å². The molecule has 3 aliphatic heterocycles. The number of ketones is 1. The summed E-state index contributed by atoms with van der Waals surface area (Å²) in [4.78, 5) is 83.2. The maximum absolute atomic E-state index is 15.0. The number of rotatable bonds is 5. The number of fused-ring (bicyclic) bond motifs is 2. The second-order valence-electron chi connectivity index (χ2n) is 20.6. The molecule has 2 aromatic heterocycles. The van der Waals surface area contributed by atoms with Crippen LogP contribution in [0.15, 0.2) is 100 Å². The number of carbonyl (C=O) groups is 4. The van der Waals surface area contributed by atoms with E-state index in [4.69, 9.17) is 28.3 Å². The fourth-order valence-corrected chi connectivity index (χ4v) is 10.8. The van der Waals surface area contributed by atoms with Crippen LogP contribution < -0.4 is 20.4 Å². The average Bonchev–Trinajstić information content (AvgIpc) is 4.30. The van der Waals surface area contributed by atoms with Gasteiger partial charge in [-0.05, 0) is 56.7 Å². The molecule has 0 radical (unpaired) electrons. The number of piperazine rings is 1. The summed E-state index contributed by atoms with van der Waals surface area (Å²) < 4.78 is 32.6. The number of nitrogens with one attached hydrogen (secondary N) is 1. The lowest BCUT2D eigenvalue weighted by Crippen LogP contribution is -2.48. The first-order valence-electron chi connectivity index (χ1n) is 25.7. The molecule has 0 unspecified atom stereocenters. The van der Waals surface area contributed by atoms with E-state index in [1.165, 1.54) is 53.2 Å². The Labute approximate surface area is 444 Å². The number of hydrogen-bond donors (Lipinski definition) is 4. The molecule has 4 bridgehead atoms. The maximum Gasteiger partial charge on any atom is 0.312 e. The molecular weight excluding hydrogens is 989 g/mol. The summed E-state index contributed by atoms with van der Waals surface area (Å²) in [5.74, 6) is -7.55. The number of aliphatic hydroxyl groups is 2. The molecular formula is C58H64N6O13. The summed E-state index contributed by atoms with van der Waals surface area (Å²) >= 11 is 0. The number of carbonyl (C=O) groups excluding carboxylic acids is 4. The van der Waals surface area contributed by atoms with Crippen molar-refractivity contribution in [2.24, 2.45) is 23.7 Å². The van der Waals surface area contributed by atoms with Gasteiger partial charge in [-0.15, -0.1) is 0 Å². The summed E-state index contributed by atoms with van der Waals surface area (Å²) in [5, 5.41) is 37.9. The molecule has 1 saturated heterocycles. The van der Waals surface area contributed by atoms with Crippen molar-refractivity contribution in [2.45, 2.75) is 92.5 Å². The number of aryl methyl sites for hydroxylation is 1. The van der Waals surface area contributed by atoms with Gasteiger partial charge < -0.3 is 58.4 Å². The number of imidazole rings is 1. The lowest BCUT2D eigenvalue weighted by molar-refractivity contribution is -0.160. The van der Waals surface area contributed by atoms with Gasteiger partial charge in [0.2, 0.25) is 0 Å². The molecule has 1 fully saturated rings. The van der Waals surface area contributed by atoms with E-state index in [0.29, 0.717) is 42.8 Å². The molecule has 6 aromatic rings. The minimum absolute atomic E-state index is 0.0233. The highest BCUT2D eigenvalue weighted by atomic mass is 16.7. The van der Waals surface area contributed by atoms with Crippen LogP contribution in [0.5, 0.6) is 11.5 Å². The van der Waals surface area contributed by atoms with Crippen molar-refractivity contribution < 1.29 is 57.9 Å². The van der Waals surface area contributed by atoms with Crippen LogP contribution in [0.25, 0.3) is 38.7 Å². The highest BCUT2D eigenvalue weighted by Gasteiger charge is 2.50. The van der Waals surface area contributed by atoms with Gasteiger partial charge in [-0.1, -0.05) is 52.0 Å². The minimum Gasteiger partial charge on any atom is -0.505 e. The molecule has 0 spiro atoms. The number of phenolic OH excluding ortho intramolecular Hbond substituents is 1. The Hall–Kier alpha value is -7.87. The van der Waals surface area contributed by atoms with E-state index in [9.17, 15) is 39.3 Å². The summed E-state index contributed by atoms with van der Waals surface area (Å²) in [6, 6.07) is 11.1. The normalized spacial score (nSPS) is 27.0. The van der Waals surface area contributed by atoms with Crippen LogP contribution >= 0.6 is 0 Å². The number of esters is 1. The van der Waals surface area contributed by atoms with E-state index in [2.05, 4.69) is 15.2 Å². The van der Waals surface area contributed by atoms with Crippen molar-refractivity contribution in [3.05, 3.63) is 124 Å². The number of ether oxygens (including phenoxy) is 4. The van der Waals surface area contributed by atoms with Gasteiger partial charge in [0.25, 0.3) is 17.6 Å². The number of aliphatic hydroxyl groups excluding tert-OH is 2. The second-order valence-corrected chi connectivity index (χ2v) is 20.6. The molecule has 3 aliphatic rings. The number of nitrogens with zero attached hydrogens (tertiary/aromatic N) is 5. The molecule has 4 N–H and O–H groups in total. The summed E-state index contributed by atoms with van der Waals surface area (Å²) in [5.41, 5.74) is 2.28. The van der Waals surface area contributed by atoms with Crippen LogP contribution in [-0.2, 0) is 23.8 Å². The standard InChI is InChI=1S/C58H64N6O13/c1-29-13-11-14-30(2)56(71)61-47-51(69)43-42(44-53(35(7)50(43)68)77-58(9,55(44)70)74-24-17-40(73-10)32(4)52(75-36(8)65)34(6)49(67)33(5)48(29)66)46-54(47)76-41-27-39(25-31(3)45(41)60-46)62-20-22-63(23-21-62)57(72)37-15-12-16-38(26-37)64-19-18-59-28-64/h11-19,24-29,32-34,40,48-49,52,66-67,69H,20-23H2,1-10H3,(H,61,71)/b13-11+,24-17+,30-14-/t29-,32+,33+,34+,40-,48-,49+,52+,58-/m0/s1. The van der Waals surface area contributed by atoms with Gasteiger partial charge in [0.05, 0.1) is 41.9 Å². The molecule has 0 saturated carbocycles. The summed E-state index contributed by atoms with van der Waals surface area (Å²) in [7, 11) is 1.44. The van der Waals surface area contributed by atoms with Gasteiger partial charge in [-0.3, -0.25) is 24.0 Å². The van der Waals surface area contributed by atoms with E-state index in [0.717, 1.165) is 11.4 Å². The summed E-state index contributed by atoms with van der Waals surface area (Å²) in [6.45, 7) is 16.2. The zero-order chi connectivity index (χ0) is 55.4. The van der Waals surface area contributed by atoms with Crippen molar-refractivity contribution in [3.63, 3.8) is 0 Å². The Morgan fingerprint density at radius 3 is 2.32 bits per heavy atom. The second kappa shape index (κ2) is 21.3. The van der Waals surface area contributed by atoms with Crippen LogP contribution in [0.2, 0.25) is 0 Å². The Kier molecular flexibility index (Phi) is 14.9. The SMILES string of the molecule is CO[C@H]1/C=C/O[C@@]2(C)Oc3c(C)c(=O)c4c(O)c(c5oc6cc(N7CCN(C(=O)c8cccc(-n9ccnc9)c8)CC7)cc(C)c6nc5c4c3C2=O)NC(=O)/C(C)=C\C=C\[C@H](C)[C@H](O)[C@@H](C)[C@@H](O)[C@@H](C)[C@H](OC(C)=O)[C@@H]1C. The number of phenols is 1. The van der Waals surface area contributed by atoms with Gasteiger partial charge in [0.15, 0.2) is 22.3 Å². The van der Waals surface area contributed by atoms with Gasteiger partial charge in [0.1, 0.15) is 28.6 Å². The first kappa shape index (κ1) is 53.9. The molecule has 2 amide bonds. The Balaban J connectivity index is 1.14. The monoisotopic (exact) mass is 1050 g/mol. The smallest absolute Gasteiger partial charge is 0.312 e. The Morgan fingerprint density at radius 2 is 1.64 bits per heavy atom. The maximum atomic E-state index is 15.0. The molecule has 0 aliphatic carbocycles. The minimum atomic E-state index is -2.08. The van der Waals surface area contributed by atoms with E-state index in [1.807, 2.05) is 46.9 Å². The van der Waals surface area contributed by atoms with Crippen molar-refractivity contribution in [1.29, 1.82) is 0 Å². The largest absolute Gasteiger partial charge is 0.505 e. The van der Waals surface area contributed by atoms with Crippen LogP contribution in [0.3, 0.4) is 0 Å². The number of benzene rings is 4. The number of aromatic nitrogens is 3. The number of aromatic hydroxyl groups is 1. The fourth-order valence-electron chi connectivity index (χ4n) is 10.8. The molecule has 404 valence electrons. The molecule has 19 nitrogen and oxygen atoms in total. The number of hydrogen-bond acceptors (Lipinski definition) is 16. The lowest BCUT2D eigenvalue weighted by atomic mass is 9.78. The third kappa shape index (κ3) is 9.94. The Morgan fingerprint density at radius 1 is 0.896 bits per heavy atom. The molecule has 19 heteroatoms. The van der Waals surface area contributed by atoms with Crippen molar-refractivity contribution in [3.8, 4) is 17.2 Å². The number of allylic oxidation sites excluding steroid dienone is 2. The van der Waals surface area contributed by atoms with E-state index < -0.39 is 82.7 Å². The van der Waals surface area contributed by atoms with Gasteiger partial charge in [-0.2, -0.15) is 0 Å². The van der Waals surface area contributed by atoms with E-state index >= 15 is 0 Å². The van der Waals surface area contributed by atoms with Crippen molar-refractivity contribution >= 4 is 67.9 Å². The topological polar surface area (TPSA) is 245 Å². The highest BCUT2D eigenvalue weighted by Crippen LogP contribution is 2.49. The third-order valence-corrected chi connectivity index (χ3v) is 15.4. The van der Waals surface area contributed by atoms with Gasteiger partial charge in [0, 0.05) is 123 Å². The van der Waals surface area contributed by atoms with Crippen LogP contribution in [0.1, 0.15) is 80.3 Å². The van der Waals surface area contributed by atoms with E-state index in [-0.39, 0.29) is 61.5 Å². The van der Waals surface area contributed by atoms with E-state index in [1.54, 1.807) is 64.5 Å². The average molecular weight is 1050 g/mol. The number of anilines is 2. The predicted octanol–water partition coefficient (Wildman–Crippen LogP) is 7.45. The van der Waals surface area contributed by atoms with Crippen LogP contribution in [-0.4, -0.2) is 122 Å². The lowest BCUT2D eigenvalue weighted by Gasteiger charge is -2.38. The zero-order valence-corrected chi connectivity index (χ0v) is 44.7. The first-order chi connectivity index (χ1) is 36.6. The number of methoxy groups -OCH3 is 1. The Bertz CT molecular complexity index is 3490. The van der Waals surface area contributed by atoms with Crippen LogP contribution in [0, 0.1) is 37.5 Å². The molecule has 77 heavy (non-hydrogen) atoms. The highest BCUT2D eigenvalue weighted by molar-refractivity contribution is 6.26.